The third-order valence-corrected chi connectivity index (χ3v) is 5.10. The van der Waals surface area contributed by atoms with Gasteiger partial charge in [0.2, 0.25) is 0 Å². The van der Waals surface area contributed by atoms with Crippen molar-refractivity contribution in [3.8, 4) is 0 Å². The van der Waals surface area contributed by atoms with E-state index in [9.17, 15) is 14.7 Å². The molecule has 2 atom stereocenters. The quantitative estimate of drug-likeness (QED) is 0.811. The molecule has 9 nitrogen and oxygen atoms in total. The molecule has 1 aromatic carbocycles. The highest BCUT2D eigenvalue weighted by Crippen LogP contribution is 2.25. The summed E-state index contributed by atoms with van der Waals surface area (Å²) in [7, 11) is 0. The number of carboxylic acid groups (broad SMARTS) is 1. The van der Waals surface area contributed by atoms with Crippen molar-refractivity contribution in [3.05, 3.63) is 42.0 Å². The van der Waals surface area contributed by atoms with Gasteiger partial charge in [-0.3, -0.25) is 9.80 Å². The molecule has 2 N–H and O–H groups in total. The Bertz CT molecular complexity index is 923. The van der Waals surface area contributed by atoms with Crippen molar-refractivity contribution in [2.75, 3.05) is 5.01 Å². The molecule has 1 amide bonds. The van der Waals surface area contributed by atoms with Crippen molar-refractivity contribution in [1.82, 2.24) is 20.1 Å². The first-order valence-corrected chi connectivity index (χ1v) is 9.42. The van der Waals surface area contributed by atoms with Gasteiger partial charge in [-0.15, -0.1) is 10.2 Å². The van der Waals surface area contributed by atoms with Gasteiger partial charge < -0.3 is 15.0 Å². The van der Waals surface area contributed by atoms with E-state index in [1.807, 2.05) is 13.0 Å². The van der Waals surface area contributed by atoms with Crippen molar-refractivity contribution in [3.63, 3.8) is 0 Å². The van der Waals surface area contributed by atoms with Gasteiger partial charge in [-0.25, -0.2) is 4.79 Å². The largest absolute Gasteiger partial charge is 0.480 e. The number of amides is 1. The standard InChI is InChI=1S/C19H22N6O3/c1-12(17-22-21-16-9-5-6-10-24(16)17)20-18(26)14-11-15(19(27)28)25(23-14)13-7-3-2-4-8-13/h2-4,7-8,12,15H,5-6,9-11H2,1H3,(H,20,26)(H,27,28). The Morgan fingerprint density at radius 2 is 2.00 bits per heavy atom. The third-order valence-electron chi connectivity index (χ3n) is 5.10. The molecule has 0 radical (unpaired) electrons. The minimum Gasteiger partial charge on any atom is -0.480 e. The number of aromatic nitrogens is 3. The first-order chi connectivity index (χ1) is 13.5. The molecule has 28 heavy (non-hydrogen) atoms. The molecule has 0 saturated heterocycles. The Kier molecular flexibility index (Phi) is 4.81. The number of hydrogen-bond acceptors (Lipinski definition) is 6. The summed E-state index contributed by atoms with van der Waals surface area (Å²) < 4.78 is 2.06. The summed E-state index contributed by atoms with van der Waals surface area (Å²) in [6, 6.07) is 7.74. The van der Waals surface area contributed by atoms with Crippen molar-refractivity contribution < 1.29 is 14.7 Å². The van der Waals surface area contributed by atoms with E-state index in [0.29, 0.717) is 5.69 Å². The summed E-state index contributed by atoms with van der Waals surface area (Å²) in [6.45, 7) is 2.70. The van der Waals surface area contributed by atoms with E-state index >= 15 is 0 Å². The number of para-hydroxylation sites is 1. The van der Waals surface area contributed by atoms with Gasteiger partial charge in [0.1, 0.15) is 11.5 Å². The Hall–Kier alpha value is -3.23. The first kappa shape index (κ1) is 18.1. The van der Waals surface area contributed by atoms with Crippen LogP contribution in [0.1, 0.15) is 43.9 Å². The molecule has 9 heteroatoms. The van der Waals surface area contributed by atoms with Crippen LogP contribution < -0.4 is 10.3 Å². The van der Waals surface area contributed by atoms with E-state index in [1.54, 1.807) is 24.3 Å². The SMILES string of the molecule is CC(NC(=O)C1=NN(c2ccccc2)C(C(=O)O)C1)c1nnc2n1CCCC2. The molecule has 2 aromatic rings. The van der Waals surface area contributed by atoms with E-state index in [4.69, 9.17) is 0 Å². The van der Waals surface area contributed by atoms with Crippen LogP contribution in [0.2, 0.25) is 0 Å². The molecule has 3 heterocycles. The molecule has 0 saturated carbocycles. The van der Waals surface area contributed by atoms with Crippen molar-refractivity contribution in [2.24, 2.45) is 5.10 Å². The number of nitrogens with one attached hydrogen (secondary N) is 1. The number of hydrogen-bond donors (Lipinski definition) is 2. The van der Waals surface area contributed by atoms with E-state index in [1.165, 1.54) is 5.01 Å². The van der Waals surface area contributed by atoms with Crippen LogP contribution in [0.3, 0.4) is 0 Å². The van der Waals surface area contributed by atoms with Gasteiger partial charge in [0.05, 0.1) is 11.7 Å². The summed E-state index contributed by atoms with van der Waals surface area (Å²) >= 11 is 0. The molecule has 0 bridgehead atoms. The Labute approximate surface area is 162 Å². The fraction of sp³-hybridized carbons (Fsp3) is 0.421. The lowest BCUT2D eigenvalue weighted by Crippen LogP contribution is -2.36. The van der Waals surface area contributed by atoms with Crippen LogP contribution in [-0.4, -0.2) is 43.5 Å². The number of carboxylic acids is 1. The topological polar surface area (TPSA) is 113 Å². The van der Waals surface area contributed by atoms with E-state index in [-0.39, 0.29) is 24.1 Å². The third kappa shape index (κ3) is 3.35. The fourth-order valence-corrected chi connectivity index (χ4v) is 3.65. The predicted octanol–water partition coefficient (Wildman–Crippen LogP) is 1.51. The van der Waals surface area contributed by atoms with E-state index in [2.05, 4.69) is 25.2 Å². The smallest absolute Gasteiger partial charge is 0.328 e. The molecule has 1 aromatic heterocycles. The highest BCUT2D eigenvalue weighted by atomic mass is 16.4. The number of fused-ring (bicyclic) bond motifs is 1. The highest BCUT2D eigenvalue weighted by molar-refractivity contribution is 6.40. The molecule has 2 aliphatic heterocycles. The second-order valence-corrected chi connectivity index (χ2v) is 7.06. The van der Waals surface area contributed by atoms with Crippen LogP contribution in [0.4, 0.5) is 5.69 Å². The van der Waals surface area contributed by atoms with Crippen molar-refractivity contribution >= 4 is 23.3 Å². The zero-order valence-electron chi connectivity index (χ0n) is 15.6. The lowest BCUT2D eigenvalue weighted by atomic mass is 10.1. The lowest BCUT2D eigenvalue weighted by Gasteiger charge is -2.19. The molecule has 0 fully saturated rings. The van der Waals surface area contributed by atoms with Gasteiger partial charge in [-0.2, -0.15) is 5.10 Å². The van der Waals surface area contributed by atoms with Gasteiger partial charge >= 0.3 is 5.97 Å². The molecular weight excluding hydrogens is 360 g/mol. The fourth-order valence-electron chi connectivity index (χ4n) is 3.65. The summed E-state index contributed by atoms with van der Waals surface area (Å²) in [5.41, 5.74) is 0.832. The zero-order chi connectivity index (χ0) is 19.7. The van der Waals surface area contributed by atoms with Crippen molar-refractivity contribution in [1.29, 1.82) is 0 Å². The Morgan fingerprint density at radius 3 is 2.75 bits per heavy atom. The summed E-state index contributed by atoms with van der Waals surface area (Å²) in [5, 5.41) is 26.6. The van der Waals surface area contributed by atoms with Crippen LogP contribution in [0.15, 0.2) is 35.4 Å². The van der Waals surface area contributed by atoms with Crippen LogP contribution in [-0.2, 0) is 22.6 Å². The Morgan fingerprint density at radius 1 is 1.21 bits per heavy atom. The maximum Gasteiger partial charge on any atom is 0.328 e. The minimum absolute atomic E-state index is 0.0424. The minimum atomic E-state index is -1.02. The predicted molar refractivity (Wildman–Crippen MR) is 102 cm³/mol. The van der Waals surface area contributed by atoms with Crippen molar-refractivity contribution in [2.45, 2.75) is 51.2 Å². The molecule has 0 aliphatic carbocycles. The number of aliphatic carboxylic acids is 1. The molecule has 2 unspecified atom stereocenters. The van der Waals surface area contributed by atoms with Crippen LogP contribution in [0.5, 0.6) is 0 Å². The summed E-state index contributed by atoms with van der Waals surface area (Å²) in [5.74, 6) is 0.262. The molecule has 2 aliphatic rings. The Balaban J connectivity index is 1.51. The molecule has 146 valence electrons. The summed E-state index contributed by atoms with van der Waals surface area (Å²) in [4.78, 5) is 24.4. The monoisotopic (exact) mass is 382 g/mol. The number of benzene rings is 1. The maximum atomic E-state index is 12.7. The summed E-state index contributed by atoms with van der Waals surface area (Å²) in [6.07, 6.45) is 3.10. The van der Waals surface area contributed by atoms with Gasteiger partial charge in [0.15, 0.2) is 11.9 Å². The van der Waals surface area contributed by atoms with E-state index < -0.39 is 12.0 Å². The van der Waals surface area contributed by atoms with Gasteiger partial charge in [0, 0.05) is 19.4 Å². The van der Waals surface area contributed by atoms with Gasteiger partial charge in [-0.1, -0.05) is 18.2 Å². The van der Waals surface area contributed by atoms with E-state index in [0.717, 1.165) is 37.5 Å². The first-order valence-electron chi connectivity index (χ1n) is 9.42. The molecular formula is C19H22N6O3. The lowest BCUT2D eigenvalue weighted by molar-refractivity contribution is -0.138. The highest BCUT2D eigenvalue weighted by Gasteiger charge is 2.36. The average molecular weight is 382 g/mol. The zero-order valence-corrected chi connectivity index (χ0v) is 15.6. The molecule has 0 spiro atoms. The average Bonchev–Trinajstić information content (AvgIpc) is 3.33. The van der Waals surface area contributed by atoms with Gasteiger partial charge in [-0.05, 0) is 31.9 Å². The molecule has 4 rings (SSSR count). The maximum absolute atomic E-state index is 12.7. The second kappa shape index (κ2) is 7.41. The van der Waals surface area contributed by atoms with Crippen LogP contribution >= 0.6 is 0 Å². The second-order valence-electron chi connectivity index (χ2n) is 7.06. The normalized spacial score (nSPS) is 19.7. The number of nitrogens with zero attached hydrogens (tertiary/aromatic N) is 5. The van der Waals surface area contributed by atoms with Crippen LogP contribution in [0.25, 0.3) is 0 Å². The number of carbonyl (C=O) groups is 2. The number of anilines is 1. The number of aryl methyl sites for hydroxylation is 1. The number of hydrazone groups is 1. The number of carbonyl (C=O) groups excluding carboxylic acids is 1. The van der Waals surface area contributed by atoms with Crippen LogP contribution in [0, 0.1) is 0 Å². The number of rotatable bonds is 5. The van der Waals surface area contributed by atoms with Gasteiger partial charge in [0.25, 0.3) is 5.91 Å².